The van der Waals surface area contributed by atoms with Crippen molar-refractivity contribution in [2.75, 3.05) is 0 Å². The Labute approximate surface area is 254 Å². The fourth-order valence-electron chi connectivity index (χ4n) is 6.90. The molecule has 40 heavy (non-hydrogen) atoms. The molecule has 0 unspecified atom stereocenters. The molecule has 0 bridgehead atoms. The van der Waals surface area contributed by atoms with Crippen molar-refractivity contribution in [3.05, 3.63) is 0 Å². The summed E-state index contributed by atoms with van der Waals surface area (Å²) in [7, 11) is -6.16. The number of hydrogen-bond acceptors (Lipinski definition) is 4. The smallest absolute Gasteiger partial charge is 0.200 e. The highest BCUT2D eigenvalue weighted by Crippen LogP contribution is 2.46. The molecule has 0 amide bonds. The molecule has 0 radical (unpaired) electrons. The van der Waals surface area contributed by atoms with E-state index in [4.69, 9.17) is 13.3 Å². The first-order valence-electron chi connectivity index (χ1n) is 16.7. The SMILES string of the molecule is CC[C@@H](O[Si](C(C)C)(C(C)C)C(C)C)[C@H](C)[C@H](O[Si](C)(C)C(C)(C)C)[C@@H](C)[C@@H](O[Si](CC)(CC)CC)[C@H](C)C=O. The first kappa shape index (κ1) is 40.2. The van der Waals surface area contributed by atoms with Gasteiger partial charge >= 0.3 is 0 Å². The normalized spacial score (nSPS) is 18.6. The van der Waals surface area contributed by atoms with Crippen molar-refractivity contribution < 1.29 is 18.1 Å². The van der Waals surface area contributed by atoms with Crippen LogP contribution in [-0.2, 0) is 18.1 Å². The Morgan fingerprint density at radius 2 is 1.07 bits per heavy atom. The van der Waals surface area contributed by atoms with Gasteiger partial charge in [-0.05, 0) is 59.3 Å². The molecule has 0 heterocycles. The second-order valence-electron chi connectivity index (χ2n) is 15.3. The molecule has 0 aliphatic carbocycles. The molecule has 0 saturated heterocycles. The summed E-state index contributed by atoms with van der Waals surface area (Å²) < 4.78 is 22.0. The van der Waals surface area contributed by atoms with Crippen LogP contribution in [0.3, 0.4) is 0 Å². The molecular formula is C33H72O4Si3. The lowest BCUT2D eigenvalue weighted by Crippen LogP contribution is -2.56. The summed E-state index contributed by atoms with van der Waals surface area (Å²) in [4.78, 5) is 12.3. The second-order valence-corrected chi connectivity index (χ2v) is 30.2. The molecule has 0 fully saturated rings. The summed E-state index contributed by atoms with van der Waals surface area (Å²) in [5, 5.41) is 0.0843. The van der Waals surface area contributed by atoms with Gasteiger partial charge in [-0.15, -0.1) is 0 Å². The maximum atomic E-state index is 12.3. The molecule has 240 valence electrons. The quantitative estimate of drug-likeness (QED) is 0.107. The molecule has 4 nitrogen and oxygen atoms in total. The molecule has 0 aromatic carbocycles. The average molecular weight is 617 g/mol. The lowest BCUT2D eigenvalue weighted by molar-refractivity contribution is -0.116. The highest BCUT2D eigenvalue weighted by atomic mass is 28.4. The summed E-state index contributed by atoms with van der Waals surface area (Å²) in [5.74, 6) is 0.0792. The van der Waals surface area contributed by atoms with Crippen molar-refractivity contribution in [1.82, 2.24) is 0 Å². The molecule has 0 aromatic heterocycles. The van der Waals surface area contributed by atoms with Gasteiger partial charge < -0.3 is 18.1 Å². The number of hydrogen-bond donors (Lipinski definition) is 0. The Bertz CT molecular complexity index is 698. The van der Waals surface area contributed by atoms with Crippen LogP contribution in [0.15, 0.2) is 0 Å². The van der Waals surface area contributed by atoms with Crippen LogP contribution in [-0.4, -0.2) is 49.6 Å². The molecule has 0 aliphatic heterocycles. The van der Waals surface area contributed by atoms with Crippen molar-refractivity contribution >= 4 is 31.2 Å². The van der Waals surface area contributed by atoms with E-state index in [2.05, 4.69) is 117 Å². The number of rotatable bonds is 19. The van der Waals surface area contributed by atoms with E-state index in [1.807, 2.05) is 6.92 Å². The van der Waals surface area contributed by atoms with Gasteiger partial charge in [0.05, 0.1) is 12.2 Å². The Morgan fingerprint density at radius 1 is 0.650 bits per heavy atom. The van der Waals surface area contributed by atoms with Crippen molar-refractivity contribution in [3.63, 3.8) is 0 Å². The maximum Gasteiger partial charge on any atom is 0.200 e. The minimum absolute atomic E-state index is 0.0475. The van der Waals surface area contributed by atoms with Crippen LogP contribution in [0.1, 0.15) is 117 Å². The number of aldehydes is 1. The zero-order valence-corrected chi connectivity index (χ0v) is 33.2. The van der Waals surface area contributed by atoms with E-state index in [0.29, 0.717) is 16.6 Å². The van der Waals surface area contributed by atoms with E-state index >= 15 is 0 Å². The summed E-state index contributed by atoms with van der Waals surface area (Å²) in [6.45, 7) is 41.7. The zero-order valence-electron chi connectivity index (χ0n) is 30.2. The van der Waals surface area contributed by atoms with Crippen LogP contribution in [0.25, 0.3) is 0 Å². The zero-order chi connectivity index (χ0) is 31.9. The third kappa shape index (κ3) is 9.35. The van der Waals surface area contributed by atoms with Crippen molar-refractivity contribution in [2.24, 2.45) is 17.8 Å². The second kappa shape index (κ2) is 16.3. The topological polar surface area (TPSA) is 44.8 Å². The highest BCUT2D eigenvalue weighted by molar-refractivity contribution is 6.77. The van der Waals surface area contributed by atoms with Crippen LogP contribution in [0.5, 0.6) is 0 Å². The lowest BCUT2D eigenvalue weighted by atomic mass is 9.82. The van der Waals surface area contributed by atoms with Gasteiger partial charge in [-0.1, -0.05) is 111 Å². The molecule has 0 aromatic rings. The van der Waals surface area contributed by atoms with E-state index in [0.717, 1.165) is 30.8 Å². The average Bonchev–Trinajstić information content (AvgIpc) is 2.86. The van der Waals surface area contributed by atoms with Crippen LogP contribution in [0.4, 0.5) is 0 Å². The summed E-state index contributed by atoms with van der Waals surface area (Å²) in [6, 6.07) is 3.22. The van der Waals surface area contributed by atoms with E-state index in [9.17, 15) is 4.79 Å². The van der Waals surface area contributed by atoms with Crippen molar-refractivity contribution in [1.29, 1.82) is 0 Å². The van der Waals surface area contributed by atoms with Crippen LogP contribution >= 0.6 is 0 Å². The monoisotopic (exact) mass is 616 g/mol. The van der Waals surface area contributed by atoms with Gasteiger partial charge in [0.15, 0.2) is 16.6 Å². The van der Waals surface area contributed by atoms with E-state index in [-0.39, 0.29) is 41.1 Å². The Morgan fingerprint density at radius 3 is 1.38 bits per heavy atom. The van der Waals surface area contributed by atoms with Gasteiger partial charge in [-0.3, -0.25) is 0 Å². The Hall–Kier alpha value is 0.201. The minimum atomic E-state index is -2.13. The van der Waals surface area contributed by atoms with Gasteiger partial charge in [0.2, 0.25) is 8.32 Å². The first-order chi connectivity index (χ1) is 18.2. The number of carbonyl (C=O) groups excluding carboxylic acids is 1. The van der Waals surface area contributed by atoms with Crippen LogP contribution in [0.2, 0.25) is 52.9 Å². The standard InChI is InChI=1S/C33H72O4Si3/c1-19-30(35-40(24(5)6,25(7)8)26(9)10)28(12)32(36-38(17,18)33(14,15)16)29(13)31(27(11)23-34)37-39(20-2,21-3)22-4/h23-32H,19-22H2,1-18H3/t27-,28+,29+,30-,31+,32+/m1/s1. The Kier molecular flexibility index (Phi) is 16.4. The maximum absolute atomic E-state index is 12.3. The van der Waals surface area contributed by atoms with Gasteiger partial charge in [0, 0.05) is 23.9 Å². The largest absolute Gasteiger partial charge is 0.413 e. The third-order valence-corrected chi connectivity index (χ3v) is 26.1. The van der Waals surface area contributed by atoms with E-state index < -0.39 is 25.0 Å². The molecule has 0 N–H and O–H groups in total. The summed E-state index contributed by atoms with van der Waals surface area (Å²) in [6.07, 6.45) is 1.97. The highest BCUT2D eigenvalue weighted by Gasteiger charge is 2.50. The molecule has 0 rings (SSSR count). The number of carbonyl (C=O) groups is 1. The summed E-state index contributed by atoms with van der Waals surface area (Å²) >= 11 is 0. The molecule has 0 aliphatic rings. The molecule has 6 atom stereocenters. The fourth-order valence-corrected chi connectivity index (χ4v) is 17.1. The van der Waals surface area contributed by atoms with Gasteiger partial charge in [-0.25, -0.2) is 0 Å². The predicted octanol–water partition coefficient (Wildman–Crippen LogP) is 10.8. The predicted molar refractivity (Wildman–Crippen MR) is 184 cm³/mol. The molecule has 0 spiro atoms. The van der Waals surface area contributed by atoms with Crippen molar-refractivity contribution in [3.8, 4) is 0 Å². The van der Waals surface area contributed by atoms with E-state index in [1.165, 1.54) is 0 Å². The van der Waals surface area contributed by atoms with Crippen LogP contribution in [0, 0.1) is 17.8 Å². The molecule has 7 heteroatoms. The van der Waals surface area contributed by atoms with Crippen LogP contribution < -0.4 is 0 Å². The van der Waals surface area contributed by atoms with Gasteiger partial charge in [-0.2, -0.15) is 0 Å². The third-order valence-electron chi connectivity index (χ3n) is 10.9. The molecular weight excluding hydrogens is 545 g/mol. The van der Waals surface area contributed by atoms with Gasteiger partial charge in [0.25, 0.3) is 0 Å². The minimum Gasteiger partial charge on any atom is -0.413 e. The lowest BCUT2D eigenvalue weighted by Gasteiger charge is -2.50. The molecule has 0 saturated carbocycles. The summed E-state index contributed by atoms with van der Waals surface area (Å²) in [5.41, 5.74) is 1.59. The fraction of sp³-hybridized carbons (Fsp3) is 0.970. The van der Waals surface area contributed by atoms with Gasteiger partial charge in [0.1, 0.15) is 6.29 Å². The Balaban J connectivity index is 6.95. The van der Waals surface area contributed by atoms with E-state index in [1.54, 1.807) is 0 Å². The van der Waals surface area contributed by atoms with Crippen molar-refractivity contribution in [2.45, 2.75) is 188 Å². The first-order valence-corrected chi connectivity index (χ1v) is 24.2.